The van der Waals surface area contributed by atoms with Gasteiger partial charge in [0.1, 0.15) is 25.0 Å². The number of nitrogens with zero attached hydrogens (tertiary/aromatic N) is 1. The van der Waals surface area contributed by atoms with Gasteiger partial charge in [0, 0.05) is 0 Å². The third-order valence-corrected chi connectivity index (χ3v) is 5.60. The van der Waals surface area contributed by atoms with Gasteiger partial charge in [-0.25, -0.2) is 0 Å². The Balaban J connectivity index is 1.16. The summed E-state index contributed by atoms with van der Waals surface area (Å²) >= 11 is 0. The number of anilines is 1. The molecule has 30 heavy (non-hydrogen) atoms. The summed E-state index contributed by atoms with van der Waals surface area (Å²) in [5.41, 5.74) is 1.14. The molecule has 7 nitrogen and oxygen atoms in total. The zero-order valence-corrected chi connectivity index (χ0v) is 17.5. The number of piperazine rings is 1. The highest BCUT2D eigenvalue weighted by molar-refractivity contribution is 5.58. The summed E-state index contributed by atoms with van der Waals surface area (Å²) in [7, 11) is 1.71. The highest BCUT2D eigenvalue weighted by atomic mass is 16.6. The van der Waals surface area contributed by atoms with Gasteiger partial charge in [0.05, 0.1) is 52.2 Å². The van der Waals surface area contributed by atoms with Gasteiger partial charge in [-0.15, -0.1) is 0 Å². The van der Waals surface area contributed by atoms with Crippen molar-refractivity contribution >= 4 is 5.69 Å². The first-order valence-electron chi connectivity index (χ1n) is 10.6. The lowest BCUT2D eigenvalue weighted by molar-refractivity contribution is -0.903. The Labute approximate surface area is 177 Å². The zero-order chi connectivity index (χ0) is 20.8. The van der Waals surface area contributed by atoms with Crippen molar-refractivity contribution in [2.24, 2.45) is 0 Å². The maximum absolute atomic E-state index is 10.4. The van der Waals surface area contributed by atoms with Gasteiger partial charge in [-0.05, 0) is 24.3 Å². The Morgan fingerprint density at radius 2 is 1.83 bits per heavy atom. The molecule has 0 amide bonds. The van der Waals surface area contributed by atoms with Crippen LogP contribution < -0.4 is 24.0 Å². The van der Waals surface area contributed by atoms with Crippen LogP contribution in [-0.4, -0.2) is 77.0 Å². The standard InChI is InChI=1S/C23H30N2O5/c1-27-21-7-3-2-6-20(21)25-12-10-24(11-13-25)14-18(26)15-28-16-19-17-29-22-8-4-5-9-23(22)30-19/h2-9,18-19,26H,10-17H2,1H3/p+1/t18-,19+/m1/s1. The van der Waals surface area contributed by atoms with E-state index in [2.05, 4.69) is 11.0 Å². The number of methoxy groups -OCH3 is 1. The second-order valence-corrected chi connectivity index (χ2v) is 7.80. The van der Waals surface area contributed by atoms with Gasteiger partial charge in [-0.3, -0.25) is 0 Å². The summed E-state index contributed by atoms with van der Waals surface area (Å²) < 4.78 is 22.8. The van der Waals surface area contributed by atoms with Crippen molar-refractivity contribution in [1.82, 2.24) is 0 Å². The lowest BCUT2D eigenvalue weighted by Gasteiger charge is -2.35. The summed E-state index contributed by atoms with van der Waals surface area (Å²) in [6.07, 6.45) is -0.640. The van der Waals surface area contributed by atoms with Crippen LogP contribution in [0.25, 0.3) is 0 Å². The Bertz CT molecular complexity index is 810. The minimum atomic E-state index is -0.491. The second kappa shape index (κ2) is 10.0. The van der Waals surface area contributed by atoms with Gasteiger partial charge in [0.15, 0.2) is 17.6 Å². The summed E-state index contributed by atoms with van der Waals surface area (Å²) in [5.74, 6) is 2.42. The van der Waals surface area contributed by atoms with Gasteiger partial charge < -0.3 is 33.9 Å². The molecule has 0 bridgehead atoms. The molecule has 162 valence electrons. The van der Waals surface area contributed by atoms with E-state index in [0.29, 0.717) is 26.4 Å². The Hall–Kier alpha value is -2.48. The molecule has 0 aromatic heterocycles. The van der Waals surface area contributed by atoms with Crippen molar-refractivity contribution in [2.45, 2.75) is 12.2 Å². The molecular weight excluding hydrogens is 384 g/mol. The van der Waals surface area contributed by atoms with E-state index >= 15 is 0 Å². The molecule has 2 N–H and O–H groups in total. The summed E-state index contributed by atoms with van der Waals surface area (Å²) in [5, 5.41) is 10.4. The number of rotatable bonds is 8. The average Bonchev–Trinajstić information content (AvgIpc) is 2.79. The monoisotopic (exact) mass is 415 g/mol. The highest BCUT2D eigenvalue weighted by Gasteiger charge is 2.25. The van der Waals surface area contributed by atoms with Gasteiger partial charge >= 0.3 is 0 Å². The first-order chi connectivity index (χ1) is 14.7. The Morgan fingerprint density at radius 1 is 1.10 bits per heavy atom. The van der Waals surface area contributed by atoms with Crippen molar-refractivity contribution in [1.29, 1.82) is 0 Å². The number of benzene rings is 2. The summed E-state index contributed by atoms with van der Waals surface area (Å²) in [6, 6.07) is 15.8. The van der Waals surface area contributed by atoms with Crippen molar-refractivity contribution in [3.63, 3.8) is 0 Å². The summed E-state index contributed by atoms with van der Waals surface area (Å²) in [6.45, 7) is 5.69. The highest BCUT2D eigenvalue weighted by Crippen LogP contribution is 2.31. The number of aliphatic hydroxyl groups is 1. The molecule has 2 atom stereocenters. The van der Waals surface area contributed by atoms with Crippen LogP contribution in [0.4, 0.5) is 5.69 Å². The Morgan fingerprint density at radius 3 is 2.63 bits per heavy atom. The normalized spacial score (nSPS) is 20.1. The third kappa shape index (κ3) is 5.16. The number of nitrogens with one attached hydrogen (secondary N) is 1. The van der Waals surface area contributed by atoms with Crippen LogP contribution in [-0.2, 0) is 4.74 Å². The van der Waals surface area contributed by atoms with E-state index in [1.807, 2.05) is 42.5 Å². The molecule has 0 radical (unpaired) electrons. The molecule has 2 aliphatic heterocycles. The number of para-hydroxylation sites is 4. The molecule has 1 fully saturated rings. The van der Waals surface area contributed by atoms with Crippen molar-refractivity contribution in [2.75, 3.05) is 64.6 Å². The van der Waals surface area contributed by atoms with Crippen LogP contribution in [0.2, 0.25) is 0 Å². The smallest absolute Gasteiger partial charge is 0.161 e. The number of aliphatic hydroxyl groups excluding tert-OH is 1. The molecule has 2 heterocycles. The third-order valence-electron chi connectivity index (χ3n) is 5.60. The minimum absolute atomic E-state index is 0.149. The van der Waals surface area contributed by atoms with Crippen LogP contribution in [0.15, 0.2) is 48.5 Å². The fourth-order valence-electron chi connectivity index (χ4n) is 4.03. The first-order valence-corrected chi connectivity index (χ1v) is 10.6. The van der Waals surface area contributed by atoms with E-state index in [1.54, 1.807) is 7.11 Å². The molecule has 0 saturated carbocycles. The Kier molecular flexibility index (Phi) is 6.94. The van der Waals surface area contributed by atoms with Crippen molar-refractivity contribution < 1.29 is 29.0 Å². The second-order valence-electron chi connectivity index (χ2n) is 7.80. The quantitative estimate of drug-likeness (QED) is 0.659. The molecule has 2 aromatic carbocycles. The number of hydrogen-bond donors (Lipinski definition) is 2. The lowest BCUT2D eigenvalue weighted by atomic mass is 10.2. The summed E-state index contributed by atoms with van der Waals surface area (Å²) in [4.78, 5) is 3.74. The van der Waals surface area contributed by atoms with E-state index in [0.717, 1.165) is 49.1 Å². The van der Waals surface area contributed by atoms with Crippen LogP contribution in [0.3, 0.4) is 0 Å². The number of hydrogen-bond acceptors (Lipinski definition) is 6. The SMILES string of the molecule is COc1ccccc1N1CC[NH+](C[C@@H](O)COC[C@H]2COc3ccccc3O2)CC1. The number of ether oxygens (including phenoxy) is 4. The van der Waals surface area contributed by atoms with E-state index in [-0.39, 0.29) is 6.10 Å². The van der Waals surface area contributed by atoms with Crippen LogP contribution in [0.5, 0.6) is 17.2 Å². The molecule has 0 spiro atoms. The van der Waals surface area contributed by atoms with E-state index in [4.69, 9.17) is 18.9 Å². The predicted molar refractivity (Wildman–Crippen MR) is 114 cm³/mol. The van der Waals surface area contributed by atoms with E-state index in [1.165, 1.54) is 4.90 Å². The van der Waals surface area contributed by atoms with Crippen LogP contribution >= 0.6 is 0 Å². The van der Waals surface area contributed by atoms with Gasteiger partial charge in [-0.1, -0.05) is 24.3 Å². The molecule has 2 aromatic rings. The molecule has 7 heteroatoms. The molecule has 1 saturated heterocycles. The topological polar surface area (TPSA) is 64.8 Å². The number of quaternary nitrogens is 1. The predicted octanol–water partition coefficient (Wildman–Crippen LogP) is 0.618. The van der Waals surface area contributed by atoms with E-state index in [9.17, 15) is 5.11 Å². The molecule has 0 unspecified atom stereocenters. The molecule has 0 aliphatic carbocycles. The maximum atomic E-state index is 10.4. The maximum Gasteiger partial charge on any atom is 0.161 e. The fraction of sp³-hybridized carbons (Fsp3) is 0.478. The zero-order valence-electron chi connectivity index (χ0n) is 17.5. The van der Waals surface area contributed by atoms with Crippen LogP contribution in [0.1, 0.15) is 0 Å². The fourth-order valence-corrected chi connectivity index (χ4v) is 4.03. The minimum Gasteiger partial charge on any atom is -0.495 e. The molecule has 4 rings (SSSR count). The van der Waals surface area contributed by atoms with Gasteiger partial charge in [0.2, 0.25) is 0 Å². The number of fused-ring (bicyclic) bond motifs is 1. The largest absolute Gasteiger partial charge is 0.495 e. The lowest BCUT2D eigenvalue weighted by Crippen LogP contribution is -3.16. The van der Waals surface area contributed by atoms with Crippen molar-refractivity contribution in [3.8, 4) is 17.2 Å². The van der Waals surface area contributed by atoms with Crippen LogP contribution in [0, 0.1) is 0 Å². The van der Waals surface area contributed by atoms with Gasteiger partial charge in [-0.2, -0.15) is 0 Å². The van der Waals surface area contributed by atoms with Crippen molar-refractivity contribution in [3.05, 3.63) is 48.5 Å². The molecular formula is C23H31N2O5+. The first kappa shape index (κ1) is 20.8. The van der Waals surface area contributed by atoms with Gasteiger partial charge in [0.25, 0.3) is 0 Å². The van der Waals surface area contributed by atoms with E-state index < -0.39 is 6.10 Å². The molecule has 2 aliphatic rings. The average molecular weight is 416 g/mol.